The van der Waals surface area contributed by atoms with Crippen LogP contribution in [0, 0.1) is 0 Å². The Morgan fingerprint density at radius 1 is 1.06 bits per heavy atom. The van der Waals surface area contributed by atoms with Crippen LogP contribution < -0.4 is 10.3 Å². The summed E-state index contributed by atoms with van der Waals surface area (Å²) in [5.41, 5.74) is 6.84. The molecular formula is C29H34N4O2. The van der Waals surface area contributed by atoms with Gasteiger partial charge in [0.05, 0.1) is 16.9 Å². The van der Waals surface area contributed by atoms with Crippen molar-refractivity contribution in [1.29, 1.82) is 0 Å². The fourth-order valence-corrected chi connectivity index (χ4v) is 5.11. The van der Waals surface area contributed by atoms with Crippen LogP contribution in [0.2, 0.25) is 0 Å². The van der Waals surface area contributed by atoms with E-state index in [1.54, 1.807) is 16.8 Å². The van der Waals surface area contributed by atoms with Crippen LogP contribution in [0.4, 0.5) is 0 Å². The zero-order chi connectivity index (χ0) is 24.5. The zero-order valence-corrected chi connectivity index (χ0v) is 21.1. The van der Waals surface area contributed by atoms with Gasteiger partial charge >= 0.3 is 0 Å². The first-order valence-electron chi connectivity index (χ1n) is 12.6. The summed E-state index contributed by atoms with van der Waals surface area (Å²) < 4.78 is 9.83. The number of aromatic nitrogens is 3. The Bertz CT molecular complexity index is 1400. The first kappa shape index (κ1) is 23.4. The van der Waals surface area contributed by atoms with E-state index < -0.39 is 0 Å². The van der Waals surface area contributed by atoms with Crippen LogP contribution in [-0.2, 0) is 32.9 Å². The van der Waals surface area contributed by atoms with E-state index in [2.05, 4.69) is 66.5 Å². The molecule has 0 atom stereocenters. The summed E-state index contributed by atoms with van der Waals surface area (Å²) in [6.45, 7) is 9.16. The van der Waals surface area contributed by atoms with E-state index in [0.29, 0.717) is 18.4 Å². The third-order valence-corrected chi connectivity index (χ3v) is 7.29. The average Bonchev–Trinajstić information content (AvgIpc) is 3.00. The Balaban J connectivity index is 1.37. The van der Waals surface area contributed by atoms with Gasteiger partial charge in [0.25, 0.3) is 5.56 Å². The predicted octanol–water partition coefficient (Wildman–Crippen LogP) is 4.67. The number of rotatable bonds is 6. The summed E-state index contributed by atoms with van der Waals surface area (Å²) in [7, 11) is 2.15. The van der Waals surface area contributed by atoms with Gasteiger partial charge in [-0.05, 0) is 62.1 Å². The van der Waals surface area contributed by atoms with Crippen molar-refractivity contribution in [1.82, 2.24) is 19.0 Å². The molecule has 0 radical (unpaired) electrons. The standard InChI is InChI=1S/C29H34N4O2/c1-5-21-6-7-22(30-18-21)19-35-24-10-15-33(29(34)17-24)23-8-9-25-26-11-13-32(20(2)3)14-12-27(26)31(4)28(25)16-23/h6-10,15-18,20H,5,11-14,19H2,1-4H3. The molecular weight excluding hydrogens is 436 g/mol. The lowest BCUT2D eigenvalue weighted by Crippen LogP contribution is -2.33. The molecule has 0 unspecified atom stereocenters. The van der Waals surface area contributed by atoms with Crippen LogP contribution in [-0.4, -0.2) is 38.1 Å². The third kappa shape index (κ3) is 4.63. The molecule has 0 amide bonds. The number of ether oxygens (including phenoxy) is 1. The molecule has 0 aliphatic carbocycles. The van der Waals surface area contributed by atoms with Gasteiger partial charge in [0.2, 0.25) is 0 Å². The second-order valence-electron chi connectivity index (χ2n) is 9.69. The normalized spacial score (nSPS) is 14.3. The molecule has 182 valence electrons. The van der Waals surface area contributed by atoms with Gasteiger partial charge in [-0.25, -0.2) is 0 Å². The summed E-state index contributed by atoms with van der Waals surface area (Å²) in [6, 6.07) is 14.3. The lowest BCUT2D eigenvalue weighted by molar-refractivity contribution is 0.232. The number of benzene rings is 1. The van der Waals surface area contributed by atoms with E-state index >= 15 is 0 Å². The zero-order valence-electron chi connectivity index (χ0n) is 21.1. The van der Waals surface area contributed by atoms with E-state index in [1.807, 2.05) is 18.3 Å². The summed E-state index contributed by atoms with van der Waals surface area (Å²) in [4.78, 5) is 19.9. The van der Waals surface area contributed by atoms with Gasteiger partial charge in [-0.1, -0.05) is 19.1 Å². The number of nitrogens with zero attached hydrogens (tertiary/aromatic N) is 4. The first-order chi connectivity index (χ1) is 16.9. The summed E-state index contributed by atoms with van der Waals surface area (Å²) in [5.74, 6) is 0.550. The third-order valence-electron chi connectivity index (χ3n) is 7.29. The van der Waals surface area contributed by atoms with E-state index in [1.165, 1.54) is 27.7 Å². The molecule has 35 heavy (non-hydrogen) atoms. The van der Waals surface area contributed by atoms with Crippen LogP contribution >= 0.6 is 0 Å². The van der Waals surface area contributed by atoms with Gasteiger partial charge in [0.15, 0.2) is 0 Å². The van der Waals surface area contributed by atoms with Gasteiger partial charge in [0.1, 0.15) is 12.4 Å². The molecule has 0 spiro atoms. The maximum Gasteiger partial charge on any atom is 0.258 e. The largest absolute Gasteiger partial charge is 0.487 e. The number of fused-ring (bicyclic) bond motifs is 3. The van der Waals surface area contributed by atoms with E-state index in [0.717, 1.165) is 43.7 Å². The monoisotopic (exact) mass is 470 g/mol. The fourth-order valence-electron chi connectivity index (χ4n) is 5.11. The second-order valence-corrected chi connectivity index (χ2v) is 9.69. The molecule has 1 aliphatic heterocycles. The van der Waals surface area contributed by atoms with Gasteiger partial charge < -0.3 is 14.2 Å². The Kier molecular flexibility index (Phi) is 6.48. The van der Waals surface area contributed by atoms with Crippen molar-refractivity contribution >= 4 is 10.9 Å². The van der Waals surface area contributed by atoms with Gasteiger partial charge in [-0.2, -0.15) is 0 Å². The Morgan fingerprint density at radius 2 is 1.89 bits per heavy atom. The van der Waals surface area contributed by atoms with E-state index in [9.17, 15) is 4.79 Å². The van der Waals surface area contributed by atoms with Crippen LogP contribution in [0.3, 0.4) is 0 Å². The maximum atomic E-state index is 13.0. The number of hydrogen-bond donors (Lipinski definition) is 0. The minimum atomic E-state index is -0.112. The first-order valence-corrected chi connectivity index (χ1v) is 12.6. The molecule has 0 saturated carbocycles. The van der Waals surface area contributed by atoms with Crippen LogP contribution in [0.25, 0.3) is 16.6 Å². The Labute approximate surface area is 206 Å². The van der Waals surface area contributed by atoms with Crippen LogP contribution in [0.5, 0.6) is 5.75 Å². The number of hydrogen-bond acceptors (Lipinski definition) is 4. The maximum absolute atomic E-state index is 13.0. The second kappa shape index (κ2) is 9.70. The topological polar surface area (TPSA) is 52.3 Å². The highest BCUT2D eigenvalue weighted by Crippen LogP contribution is 2.30. The molecule has 3 aromatic heterocycles. The van der Waals surface area contributed by atoms with Crippen LogP contribution in [0.1, 0.15) is 43.3 Å². The van der Waals surface area contributed by atoms with Gasteiger partial charge in [0, 0.05) is 62.1 Å². The minimum absolute atomic E-state index is 0.112. The number of pyridine rings is 2. The Morgan fingerprint density at radius 3 is 2.60 bits per heavy atom. The van der Waals surface area contributed by atoms with Crippen molar-refractivity contribution in [2.24, 2.45) is 7.05 Å². The van der Waals surface area contributed by atoms with Crippen molar-refractivity contribution in [3.8, 4) is 11.4 Å². The van der Waals surface area contributed by atoms with E-state index in [-0.39, 0.29) is 5.56 Å². The summed E-state index contributed by atoms with van der Waals surface area (Å²) in [6.07, 6.45) is 6.74. The molecule has 0 bridgehead atoms. The van der Waals surface area contributed by atoms with Crippen LogP contribution in [0.15, 0.2) is 59.7 Å². The van der Waals surface area contributed by atoms with Crippen molar-refractivity contribution in [2.45, 2.75) is 52.7 Å². The predicted molar refractivity (Wildman–Crippen MR) is 141 cm³/mol. The summed E-state index contributed by atoms with van der Waals surface area (Å²) >= 11 is 0. The molecule has 1 aliphatic rings. The molecule has 0 N–H and O–H groups in total. The quantitative estimate of drug-likeness (QED) is 0.411. The SMILES string of the molecule is CCc1ccc(COc2ccn(-c3ccc4c5c(n(C)c4c3)CCN(C(C)C)CC5)c(=O)c2)nc1. The number of aryl methyl sites for hydroxylation is 2. The smallest absolute Gasteiger partial charge is 0.258 e. The highest BCUT2D eigenvalue weighted by atomic mass is 16.5. The van der Waals surface area contributed by atoms with Gasteiger partial charge in [-0.15, -0.1) is 0 Å². The molecule has 4 heterocycles. The van der Waals surface area contributed by atoms with Crippen molar-refractivity contribution in [2.75, 3.05) is 13.1 Å². The van der Waals surface area contributed by atoms with Crippen molar-refractivity contribution in [3.63, 3.8) is 0 Å². The molecule has 6 nitrogen and oxygen atoms in total. The molecule has 5 rings (SSSR count). The van der Waals surface area contributed by atoms with Gasteiger partial charge in [-0.3, -0.25) is 14.3 Å². The average molecular weight is 471 g/mol. The summed E-state index contributed by atoms with van der Waals surface area (Å²) in [5, 5.41) is 1.30. The highest BCUT2D eigenvalue weighted by Gasteiger charge is 2.22. The highest BCUT2D eigenvalue weighted by molar-refractivity contribution is 5.87. The lowest BCUT2D eigenvalue weighted by atomic mass is 10.1. The fraction of sp³-hybridized carbons (Fsp3) is 0.379. The van der Waals surface area contributed by atoms with Crippen molar-refractivity contribution in [3.05, 3.63) is 87.7 Å². The Hall–Kier alpha value is -3.38. The molecule has 4 aromatic rings. The van der Waals surface area contributed by atoms with E-state index in [4.69, 9.17) is 4.74 Å². The molecule has 0 saturated heterocycles. The lowest BCUT2D eigenvalue weighted by Gasteiger charge is -2.24. The van der Waals surface area contributed by atoms with Crippen molar-refractivity contribution < 1.29 is 4.74 Å². The minimum Gasteiger partial charge on any atom is -0.487 e. The molecule has 1 aromatic carbocycles. The molecule has 6 heteroatoms. The molecule has 0 fully saturated rings.